The Morgan fingerprint density at radius 3 is 2.70 bits per heavy atom. The first-order valence-electron chi connectivity index (χ1n) is 6.55. The number of imidazole rings is 1. The van der Waals surface area contributed by atoms with Gasteiger partial charge in [0.2, 0.25) is 0 Å². The first kappa shape index (κ1) is 13.1. The minimum absolute atomic E-state index is 0.554. The topological polar surface area (TPSA) is 43.6 Å². The van der Waals surface area contributed by atoms with Gasteiger partial charge in [-0.05, 0) is 36.2 Å². The molecule has 0 radical (unpaired) electrons. The SMILES string of the molecule is Cc1ccnc2c1nc(CCCl)n2Cc1ccncc1. The Morgan fingerprint density at radius 2 is 1.95 bits per heavy atom. The highest BCUT2D eigenvalue weighted by atomic mass is 35.5. The van der Waals surface area contributed by atoms with E-state index < -0.39 is 0 Å². The molecule has 0 aliphatic carbocycles. The van der Waals surface area contributed by atoms with Crippen LogP contribution < -0.4 is 0 Å². The standard InChI is InChI=1S/C15H15ClN4/c1-11-3-9-18-15-14(11)19-13(2-6-16)20(15)10-12-4-7-17-8-5-12/h3-5,7-9H,2,6,10H2,1H3. The van der Waals surface area contributed by atoms with E-state index >= 15 is 0 Å². The molecule has 4 nitrogen and oxygen atoms in total. The van der Waals surface area contributed by atoms with Gasteiger partial charge in [0.15, 0.2) is 5.65 Å². The van der Waals surface area contributed by atoms with E-state index in [9.17, 15) is 0 Å². The number of fused-ring (bicyclic) bond motifs is 1. The van der Waals surface area contributed by atoms with E-state index in [1.54, 1.807) is 12.4 Å². The molecular formula is C15H15ClN4. The van der Waals surface area contributed by atoms with Crippen molar-refractivity contribution in [2.75, 3.05) is 5.88 Å². The molecule has 102 valence electrons. The summed E-state index contributed by atoms with van der Waals surface area (Å²) in [5.41, 5.74) is 4.20. The van der Waals surface area contributed by atoms with Gasteiger partial charge in [0, 0.05) is 30.9 Å². The monoisotopic (exact) mass is 286 g/mol. The second kappa shape index (κ2) is 5.59. The summed E-state index contributed by atoms with van der Waals surface area (Å²) in [7, 11) is 0. The van der Waals surface area contributed by atoms with E-state index in [-0.39, 0.29) is 0 Å². The largest absolute Gasteiger partial charge is 0.308 e. The Balaban J connectivity index is 2.12. The Labute approximate surface area is 122 Å². The van der Waals surface area contributed by atoms with Gasteiger partial charge in [0.25, 0.3) is 0 Å². The molecule has 0 fully saturated rings. The normalized spacial score (nSPS) is 11.1. The zero-order valence-corrected chi connectivity index (χ0v) is 12.0. The van der Waals surface area contributed by atoms with Gasteiger partial charge in [-0.3, -0.25) is 4.98 Å². The first-order chi connectivity index (χ1) is 9.79. The van der Waals surface area contributed by atoms with Crippen LogP contribution in [0, 0.1) is 6.92 Å². The van der Waals surface area contributed by atoms with Crippen LogP contribution in [0.15, 0.2) is 36.8 Å². The number of pyridine rings is 2. The quantitative estimate of drug-likeness (QED) is 0.693. The highest BCUT2D eigenvalue weighted by molar-refractivity contribution is 6.17. The molecule has 3 aromatic heterocycles. The van der Waals surface area contributed by atoms with Crippen molar-refractivity contribution in [3.05, 3.63) is 53.7 Å². The zero-order valence-electron chi connectivity index (χ0n) is 11.3. The first-order valence-corrected chi connectivity index (χ1v) is 7.08. The van der Waals surface area contributed by atoms with Crippen molar-refractivity contribution >= 4 is 22.8 Å². The van der Waals surface area contributed by atoms with Crippen LogP contribution >= 0.6 is 11.6 Å². The van der Waals surface area contributed by atoms with E-state index in [1.807, 2.05) is 24.4 Å². The predicted molar refractivity (Wildman–Crippen MR) is 80.0 cm³/mol. The summed E-state index contributed by atoms with van der Waals surface area (Å²) in [5.74, 6) is 1.53. The molecule has 3 aromatic rings. The molecule has 20 heavy (non-hydrogen) atoms. The highest BCUT2D eigenvalue weighted by Gasteiger charge is 2.13. The number of alkyl halides is 1. The summed E-state index contributed by atoms with van der Waals surface area (Å²) in [6.45, 7) is 2.79. The summed E-state index contributed by atoms with van der Waals surface area (Å²) in [6, 6.07) is 5.99. The molecule has 0 spiro atoms. The number of aromatic nitrogens is 4. The summed E-state index contributed by atoms with van der Waals surface area (Å²) < 4.78 is 2.14. The fraction of sp³-hybridized carbons (Fsp3) is 0.267. The van der Waals surface area contributed by atoms with E-state index in [2.05, 4.69) is 21.5 Å². The molecule has 0 aliphatic rings. The molecule has 3 rings (SSSR count). The summed E-state index contributed by atoms with van der Waals surface area (Å²) in [5, 5.41) is 0. The number of rotatable bonds is 4. The van der Waals surface area contributed by atoms with Crippen LogP contribution in [0.1, 0.15) is 17.0 Å². The smallest absolute Gasteiger partial charge is 0.160 e. The van der Waals surface area contributed by atoms with Crippen LogP contribution in [0.5, 0.6) is 0 Å². The average molecular weight is 287 g/mol. The van der Waals surface area contributed by atoms with Crippen molar-refractivity contribution in [1.29, 1.82) is 0 Å². The lowest BCUT2D eigenvalue weighted by atomic mass is 10.2. The predicted octanol–water partition coefficient (Wildman–Crippen LogP) is 2.96. The van der Waals surface area contributed by atoms with Crippen molar-refractivity contribution in [2.45, 2.75) is 19.9 Å². The van der Waals surface area contributed by atoms with Crippen molar-refractivity contribution in [1.82, 2.24) is 19.5 Å². The number of hydrogen-bond acceptors (Lipinski definition) is 3. The molecule has 5 heteroatoms. The second-order valence-electron chi connectivity index (χ2n) is 4.71. The third-order valence-corrected chi connectivity index (χ3v) is 3.51. The molecule has 0 atom stereocenters. The third-order valence-electron chi connectivity index (χ3n) is 3.32. The lowest BCUT2D eigenvalue weighted by molar-refractivity contribution is 0.746. The van der Waals surface area contributed by atoms with Crippen molar-refractivity contribution in [3.8, 4) is 0 Å². The number of halogens is 1. The van der Waals surface area contributed by atoms with Crippen LogP contribution in [0.3, 0.4) is 0 Å². The Hall–Kier alpha value is -1.94. The van der Waals surface area contributed by atoms with Gasteiger partial charge in [-0.25, -0.2) is 9.97 Å². The molecule has 0 N–H and O–H groups in total. The Kier molecular flexibility index (Phi) is 3.65. The molecule has 0 aliphatic heterocycles. The minimum Gasteiger partial charge on any atom is -0.308 e. The van der Waals surface area contributed by atoms with Crippen LogP contribution in [-0.2, 0) is 13.0 Å². The lowest BCUT2D eigenvalue weighted by Gasteiger charge is -2.07. The Morgan fingerprint density at radius 1 is 1.15 bits per heavy atom. The summed E-state index contributed by atoms with van der Waals surface area (Å²) in [4.78, 5) is 13.2. The van der Waals surface area contributed by atoms with Crippen LogP contribution in [0.4, 0.5) is 0 Å². The second-order valence-corrected chi connectivity index (χ2v) is 5.09. The molecule has 0 saturated carbocycles. The molecule has 0 saturated heterocycles. The van der Waals surface area contributed by atoms with Gasteiger partial charge in [-0.2, -0.15) is 0 Å². The fourth-order valence-corrected chi connectivity index (χ4v) is 2.46. The van der Waals surface area contributed by atoms with Crippen molar-refractivity contribution < 1.29 is 0 Å². The van der Waals surface area contributed by atoms with Gasteiger partial charge >= 0.3 is 0 Å². The molecular weight excluding hydrogens is 272 g/mol. The molecule has 0 amide bonds. The van der Waals surface area contributed by atoms with Gasteiger partial charge in [0.1, 0.15) is 11.3 Å². The lowest BCUT2D eigenvalue weighted by Crippen LogP contribution is -2.06. The van der Waals surface area contributed by atoms with E-state index in [0.29, 0.717) is 5.88 Å². The maximum atomic E-state index is 5.89. The molecule has 0 unspecified atom stereocenters. The molecule has 0 bridgehead atoms. The van der Waals surface area contributed by atoms with Crippen LogP contribution in [-0.4, -0.2) is 25.4 Å². The maximum Gasteiger partial charge on any atom is 0.160 e. The van der Waals surface area contributed by atoms with E-state index in [4.69, 9.17) is 16.6 Å². The van der Waals surface area contributed by atoms with Gasteiger partial charge in [0.05, 0.1) is 6.54 Å². The number of aryl methyl sites for hydroxylation is 2. The van der Waals surface area contributed by atoms with Crippen molar-refractivity contribution in [2.24, 2.45) is 0 Å². The molecule has 3 heterocycles. The van der Waals surface area contributed by atoms with Gasteiger partial charge < -0.3 is 4.57 Å². The van der Waals surface area contributed by atoms with E-state index in [0.717, 1.165) is 35.5 Å². The highest BCUT2D eigenvalue weighted by Crippen LogP contribution is 2.19. The minimum atomic E-state index is 0.554. The third kappa shape index (κ3) is 2.39. The maximum absolute atomic E-state index is 5.89. The Bertz CT molecular complexity index is 721. The van der Waals surface area contributed by atoms with Gasteiger partial charge in [-0.1, -0.05) is 0 Å². The van der Waals surface area contributed by atoms with Crippen LogP contribution in [0.2, 0.25) is 0 Å². The fourth-order valence-electron chi connectivity index (χ4n) is 2.30. The van der Waals surface area contributed by atoms with Crippen molar-refractivity contribution in [3.63, 3.8) is 0 Å². The van der Waals surface area contributed by atoms with E-state index in [1.165, 1.54) is 5.56 Å². The van der Waals surface area contributed by atoms with Gasteiger partial charge in [-0.15, -0.1) is 11.6 Å². The summed E-state index contributed by atoms with van der Waals surface area (Å²) >= 11 is 5.89. The average Bonchev–Trinajstić information content (AvgIpc) is 2.81. The zero-order chi connectivity index (χ0) is 13.9. The number of nitrogens with zero attached hydrogens (tertiary/aromatic N) is 4. The van der Waals surface area contributed by atoms with Crippen LogP contribution in [0.25, 0.3) is 11.2 Å². The molecule has 0 aromatic carbocycles. The summed E-state index contributed by atoms with van der Waals surface area (Å²) in [6.07, 6.45) is 6.16. The number of hydrogen-bond donors (Lipinski definition) is 0.